The van der Waals surface area contributed by atoms with Crippen molar-refractivity contribution in [3.63, 3.8) is 0 Å². The van der Waals surface area contributed by atoms with Gasteiger partial charge in [-0.15, -0.1) is 0 Å². The highest BCUT2D eigenvalue weighted by Gasteiger charge is 2.14. The number of unbranched alkanes of at least 4 members (excludes halogenated alkanes) is 1. The summed E-state index contributed by atoms with van der Waals surface area (Å²) >= 11 is 0. The van der Waals surface area contributed by atoms with Crippen LogP contribution >= 0.6 is 0 Å². The van der Waals surface area contributed by atoms with E-state index in [1.165, 1.54) is 5.56 Å². The molecule has 2 heterocycles. The van der Waals surface area contributed by atoms with E-state index in [1.807, 2.05) is 13.1 Å². The molecular formula is C18H29N3O3. The van der Waals surface area contributed by atoms with Crippen LogP contribution in [0.2, 0.25) is 0 Å². The number of nitrogens with zero attached hydrogens (tertiary/aromatic N) is 2. The SMILES string of the molecule is CC[C@@H](CCCCNCc1ccc(N2CCOCC2)nc1)C(=O)O. The lowest BCUT2D eigenvalue weighted by atomic mass is 9.99. The molecule has 0 amide bonds. The summed E-state index contributed by atoms with van der Waals surface area (Å²) in [5.41, 5.74) is 1.17. The molecule has 1 aromatic rings. The summed E-state index contributed by atoms with van der Waals surface area (Å²) < 4.78 is 5.35. The highest BCUT2D eigenvalue weighted by atomic mass is 16.5. The van der Waals surface area contributed by atoms with Gasteiger partial charge in [0.25, 0.3) is 0 Å². The summed E-state index contributed by atoms with van der Waals surface area (Å²) in [7, 11) is 0. The fourth-order valence-electron chi connectivity index (χ4n) is 2.88. The Morgan fingerprint density at radius 3 is 2.79 bits per heavy atom. The number of ether oxygens (including phenoxy) is 1. The van der Waals surface area contributed by atoms with Gasteiger partial charge >= 0.3 is 5.97 Å². The number of hydrogen-bond acceptors (Lipinski definition) is 5. The van der Waals surface area contributed by atoms with Crippen LogP contribution in [0.3, 0.4) is 0 Å². The number of pyridine rings is 1. The van der Waals surface area contributed by atoms with Gasteiger partial charge in [-0.25, -0.2) is 4.98 Å². The van der Waals surface area contributed by atoms with Gasteiger partial charge in [0.15, 0.2) is 0 Å². The summed E-state index contributed by atoms with van der Waals surface area (Å²) in [4.78, 5) is 17.7. The van der Waals surface area contributed by atoms with E-state index in [9.17, 15) is 4.79 Å². The first-order chi connectivity index (χ1) is 11.7. The monoisotopic (exact) mass is 335 g/mol. The molecule has 0 bridgehead atoms. The molecule has 0 spiro atoms. The number of hydrogen-bond donors (Lipinski definition) is 2. The molecule has 0 radical (unpaired) electrons. The predicted molar refractivity (Wildman–Crippen MR) is 94.2 cm³/mol. The van der Waals surface area contributed by atoms with Crippen molar-refractivity contribution in [2.45, 2.75) is 39.2 Å². The molecule has 1 saturated heterocycles. The summed E-state index contributed by atoms with van der Waals surface area (Å²) in [5, 5.41) is 12.4. The van der Waals surface area contributed by atoms with Gasteiger partial charge in [-0.05, 0) is 37.4 Å². The third-order valence-corrected chi connectivity index (χ3v) is 4.47. The lowest BCUT2D eigenvalue weighted by Gasteiger charge is -2.27. The maximum absolute atomic E-state index is 10.9. The second-order valence-corrected chi connectivity index (χ2v) is 6.24. The Bertz CT molecular complexity index is 487. The molecule has 1 atom stereocenters. The van der Waals surface area contributed by atoms with Crippen LogP contribution in [0.5, 0.6) is 0 Å². The molecule has 6 nitrogen and oxygen atoms in total. The van der Waals surface area contributed by atoms with Crippen molar-refractivity contribution in [1.82, 2.24) is 10.3 Å². The molecule has 1 aliphatic rings. The van der Waals surface area contributed by atoms with E-state index < -0.39 is 5.97 Å². The topological polar surface area (TPSA) is 74.7 Å². The minimum Gasteiger partial charge on any atom is -0.481 e. The van der Waals surface area contributed by atoms with Crippen LogP contribution in [0.1, 0.15) is 38.2 Å². The Hall–Kier alpha value is -1.66. The molecule has 0 aromatic carbocycles. The number of morpholine rings is 1. The maximum atomic E-state index is 10.9. The molecule has 0 saturated carbocycles. The third-order valence-electron chi connectivity index (χ3n) is 4.47. The molecular weight excluding hydrogens is 306 g/mol. The zero-order valence-electron chi connectivity index (χ0n) is 14.5. The zero-order chi connectivity index (χ0) is 17.2. The molecule has 0 unspecified atom stereocenters. The van der Waals surface area contributed by atoms with Crippen molar-refractivity contribution in [2.75, 3.05) is 37.7 Å². The van der Waals surface area contributed by atoms with Gasteiger partial charge < -0.3 is 20.1 Å². The smallest absolute Gasteiger partial charge is 0.306 e. The summed E-state index contributed by atoms with van der Waals surface area (Å²) in [5.74, 6) is 0.153. The molecule has 24 heavy (non-hydrogen) atoms. The zero-order valence-corrected chi connectivity index (χ0v) is 14.5. The second-order valence-electron chi connectivity index (χ2n) is 6.24. The Balaban J connectivity index is 1.61. The summed E-state index contributed by atoms with van der Waals surface area (Å²) in [6.07, 6.45) is 5.36. The molecule has 2 N–H and O–H groups in total. The minimum absolute atomic E-state index is 0.193. The molecule has 6 heteroatoms. The standard InChI is InChI=1S/C18H29N3O3/c1-2-16(18(22)23)5-3-4-8-19-13-15-6-7-17(20-14-15)21-9-11-24-12-10-21/h6-7,14,16,19H,2-5,8-13H2,1H3,(H,22,23)/t16-/m0/s1. The van der Waals surface area contributed by atoms with Crippen molar-refractivity contribution in [3.8, 4) is 0 Å². The van der Waals surface area contributed by atoms with Gasteiger partial charge in [0, 0.05) is 25.8 Å². The fourth-order valence-corrected chi connectivity index (χ4v) is 2.88. The van der Waals surface area contributed by atoms with Crippen LogP contribution in [-0.2, 0) is 16.1 Å². The quantitative estimate of drug-likeness (QED) is 0.639. The first-order valence-corrected chi connectivity index (χ1v) is 8.92. The van der Waals surface area contributed by atoms with Crippen molar-refractivity contribution in [3.05, 3.63) is 23.9 Å². The Morgan fingerprint density at radius 2 is 2.17 bits per heavy atom. The van der Waals surface area contributed by atoms with Gasteiger partial charge in [-0.3, -0.25) is 4.79 Å². The Kier molecular flexibility index (Phi) is 7.98. The Labute approximate surface area is 144 Å². The van der Waals surface area contributed by atoms with E-state index in [1.54, 1.807) is 0 Å². The van der Waals surface area contributed by atoms with Gasteiger partial charge in [0.05, 0.1) is 19.1 Å². The van der Waals surface area contributed by atoms with E-state index in [2.05, 4.69) is 27.3 Å². The number of nitrogens with one attached hydrogen (secondary N) is 1. The lowest BCUT2D eigenvalue weighted by Crippen LogP contribution is -2.36. The number of aliphatic carboxylic acids is 1. The predicted octanol–water partition coefficient (Wildman–Crippen LogP) is 2.29. The average Bonchev–Trinajstić information content (AvgIpc) is 2.62. The Morgan fingerprint density at radius 1 is 1.38 bits per heavy atom. The fraction of sp³-hybridized carbons (Fsp3) is 0.667. The van der Waals surface area contributed by atoms with E-state index in [-0.39, 0.29) is 5.92 Å². The average molecular weight is 335 g/mol. The van der Waals surface area contributed by atoms with Crippen LogP contribution in [0.15, 0.2) is 18.3 Å². The molecule has 0 aliphatic carbocycles. The highest BCUT2D eigenvalue weighted by molar-refractivity contribution is 5.69. The largest absolute Gasteiger partial charge is 0.481 e. The molecule has 2 rings (SSSR count). The van der Waals surface area contributed by atoms with Crippen molar-refractivity contribution in [1.29, 1.82) is 0 Å². The van der Waals surface area contributed by atoms with E-state index in [0.29, 0.717) is 6.42 Å². The number of carbonyl (C=O) groups is 1. The van der Waals surface area contributed by atoms with Gasteiger partial charge in [-0.1, -0.05) is 19.4 Å². The lowest BCUT2D eigenvalue weighted by molar-refractivity contribution is -0.142. The highest BCUT2D eigenvalue weighted by Crippen LogP contribution is 2.14. The van der Waals surface area contributed by atoms with Crippen molar-refractivity contribution < 1.29 is 14.6 Å². The van der Waals surface area contributed by atoms with E-state index >= 15 is 0 Å². The van der Waals surface area contributed by atoms with Crippen LogP contribution in [-0.4, -0.2) is 48.9 Å². The molecule has 1 fully saturated rings. The van der Waals surface area contributed by atoms with Gasteiger partial charge in [-0.2, -0.15) is 0 Å². The van der Waals surface area contributed by atoms with Crippen molar-refractivity contribution in [2.24, 2.45) is 5.92 Å². The van der Waals surface area contributed by atoms with Crippen molar-refractivity contribution >= 4 is 11.8 Å². The molecule has 1 aromatic heterocycles. The molecule has 1 aliphatic heterocycles. The maximum Gasteiger partial charge on any atom is 0.306 e. The normalized spacial score (nSPS) is 16.1. The van der Waals surface area contributed by atoms with Gasteiger partial charge in [0.1, 0.15) is 5.82 Å². The summed E-state index contributed by atoms with van der Waals surface area (Å²) in [6.45, 7) is 6.98. The van der Waals surface area contributed by atoms with E-state index in [4.69, 9.17) is 9.84 Å². The van der Waals surface area contributed by atoms with Crippen LogP contribution in [0, 0.1) is 5.92 Å². The number of carboxylic acids is 1. The van der Waals surface area contributed by atoms with Crippen LogP contribution < -0.4 is 10.2 Å². The van der Waals surface area contributed by atoms with E-state index in [0.717, 1.165) is 64.5 Å². The number of carboxylic acid groups (broad SMARTS) is 1. The first kappa shape index (κ1) is 18.7. The minimum atomic E-state index is -0.670. The number of aromatic nitrogens is 1. The van der Waals surface area contributed by atoms with Crippen LogP contribution in [0.25, 0.3) is 0 Å². The second kappa shape index (κ2) is 10.3. The first-order valence-electron chi connectivity index (χ1n) is 8.92. The van der Waals surface area contributed by atoms with Gasteiger partial charge in [0.2, 0.25) is 0 Å². The summed E-state index contributed by atoms with van der Waals surface area (Å²) in [6, 6.07) is 4.18. The van der Waals surface area contributed by atoms with Crippen LogP contribution in [0.4, 0.5) is 5.82 Å². The number of rotatable bonds is 10. The number of anilines is 1. The third kappa shape index (κ3) is 6.09. The molecule has 134 valence electrons.